The SMILES string of the molecule is CN(C)S(=O)(=O)c1cccc(CN2CCC(c3ccc4c(c3)CN(C3CCC(=O)NC3=O)C4=O)CC2)c1. The van der Waals surface area contributed by atoms with Crippen molar-refractivity contribution in [2.75, 3.05) is 27.2 Å². The molecule has 2 aromatic carbocycles. The van der Waals surface area contributed by atoms with Gasteiger partial charge < -0.3 is 4.90 Å². The average molecular weight is 525 g/mol. The van der Waals surface area contributed by atoms with E-state index in [0.29, 0.717) is 35.9 Å². The molecule has 0 aromatic heterocycles. The van der Waals surface area contributed by atoms with Crippen molar-refractivity contribution in [3.8, 4) is 0 Å². The zero-order chi connectivity index (χ0) is 26.3. The van der Waals surface area contributed by atoms with Crippen molar-refractivity contribution in [2.24, 2.45) is 0 Å². The number of nitrogens with one attached hydrogen (secondary N) is 1. The van der Waals surface area contributed by atoms with Crippen LogP contribution in [0.3, 0.4) is 0 Å². The number of carbonyl (C=O) groups excluding carboxylic acids is 3. The van der Waals surface area contributed by atoms with Crippen molar-refractivity contribution in [3.05, 3.63) is 64.7 Å². The van der Waals surface area contributed by atoms with Crippen LogP contribution in [0.1, 0.15) is 58.6 Å². The van der Waals surface area contributed by atoms with Gasteiger partial charge in [0.2, 0.25) is 21.8 Å². The first-order valence-corrected chi connectivity index (χ1v) is 14.1. The molecular weight excluding hydrogens is 492 g/mol. The lowest BCUT2D eigenvalue weighted by Gasteiger charge is -2.32. The summed E-state index contributed by atoms with van der Waals surface area (Å²) >= 11 is 0. The summed E-state index contributed by atoms with van der Waals surface area (Å²) in [5, 5.41) is 2.34. The van der Waals surface area contributed by atoms with Crippen LogP contribution in [0.2, 0.25) is 0 Å². The third-order valence-electron chi connectivity index (χ3n) is 7.69. The van der Waals surface area contributed by atoms with E-state index < -0.39 is 22.0 Å². The molecule has 5 rings (SSSR count). The monoisotopic (exact) mass is 524 g/mol. The molecule has 37 heavy (non-hydrogen) atoms. The predicted octanol–water partition coefficient (Wildman–Crippen LogP) is 2.08. The number of fused-ring (bicyclic) bond motifs is 1. The second kappa shape index (κ2) is 10.00. The highest BCUT2D eigenvalue weighted by atomic mass is 32.2. The van der Waals surface area contributed by atoms with Crippen LogP contribution in [0.25, 0.3) is 0 Å². The molecule has 0 aliphatic carbocycles. The van der Waals surface area contributed by atoms with Gasteiger partial charge >= 0.3 is 0 Å². The minimum Gasteiger partial charge on any atom is -0.322 e. The van der Waals surface area contributed by atoms with Crippen LogP contribution in [0.5, 0.6) is 0 Å². The van der Waals surface area contributed by atoms with Gasteiger partial charge in [-0.15, -0.1) is 0 Å². The van der Waals surface area contributed by atoms with Crippen molar-refractivity contribution in [2.45, 2.75) is 55.6 Å². The van der Waals surface area contributed by atoms with Crippen molar-refractivity contribution in [1.82, 2.24) is 19.4 Å². The van der Waals surface area contributed by atoms with Crippen molar-refractivity contribution >= 4 is 27.7 Å². The highest BCUT2D eigenvalue weighted by Crippen LogP contribution is 2.34. The number of imide groups is 1. The number of likely N-dealkylation sites (tertiary alicyclic amines) is 1. The van der Waals surface area contributed by atoms with E-state index in [2.05, 4.69) is 16.3 Å². The van der Waals surface area contributed by atoms with Gasteiger partial charge in [0.25, 0.3) is 5.91 Å². The molecule has 9 nitrogen and oxygen atoms in total. The van der Waals surface area contributed by atoms with Gasteiger partial charge in [0, 0.05) is 39.2 Å². The van der Waals surface area contributed by atoms with Crippen LogP contribution in [-0.4, -0.2) is 73.5 Å². The number of sulfonamides is 1. The number of amides is 3. The topological polar surface area (TPSA) is 107 Å². The Labute approximate surface area is 217 Å². The lowest BCUT2D eigenvalue weighted by atomic mass is 9.87. The first-order chi connectivity index (χ1) is 17.6. The maximum Gasteiger partial charge on any atom is 0.255 e. The van der Waals surface area contributed by atoms with E-state index in [1.807, 2.05) is 18.2 Å². The molecule has 1 atom stereocenters. The Hall–Kier alpha value is -3.08. The van der Waals surface area contributed by atoms with Gasteiger partial charge in [-0.25, -0.2) is 12.7 Å². The zero-order valence-electron chi connectivity index (χ0n) is 21.1. The summed E-state index contributed by atoms with van der Waals surface area (Å²) in [6.07, 6.45) is 2.55. The molecule has 3 amide bonds. The average Bonchev–Trinajstić information content (AvgIpc) is 3.20. The number of hydrogen-bond donors (Lipinski definition) is 1. The normalized spacial score (nSPS) is 21.4. The zero-order valence-corrected chi connectivity index (χ0v) is 22.0. The molecule has 196 valence electrons. The first kappa shape index (κ1) is 25.6. The maximum atomic E-state index is 13.0. The van der Waals surface area contributed by atoms with Crippen LogP contribution in [0.4, 0.5) is 0 Å². The second-order valence-electron chi connectivity index (χ2n) is 10.3. The van der Waals surface area contributed by atoms with Crippen LogP contribution >= 0.6 is 0 Å². The molecule has 0 spiro atoms. The summed E-state index contributed by atoms with van der Waals surface area (Å²) in [6, 6.07) is 12.6. The predicted molar refractivity (Wildman–Crippen MR) is 137 cm³/mol. The first-order valence-electron chi connectivity index (χ1n) is 12.6. The van der Waals surface area contributed by atoms with Gasteiger partial charge in [-0.3, -0.25) is 24.6 Å². The number of nitrogens with zero attached hydrogens (tertiary/aromatic N) is 3. The molecule has 0 bridgehead atoms. The van der Waals surface area contributed by atoms with E-state index in [9.17, 15) is 22.8 Å². The minimum absolute atomic E-state index is 0.149. The highest BCUT2D eigenvalue weighted by molar-refractivity contribution is 7.89. The molecule has 0 radical (unpaired) electrons. The molecule has 2 fully saturated rings. The van der Waals surface area contributed by atoms with E-state index in [-0.39, 0.29) is 18.2 Å². The summed E-state index contributed by atoms with van der Waals surface area (Å²) < 4.78 is 26.2. The van der Waals surface area contributed by atoms with Crippen molar-refractivity contribution in [3.63, 3.8) is 0 Å². The lowest BCUT2D eigenvalue weighted by Crippen LogP contribution is -2.52. The standard InChI is InChI=1S/C27H32N4O5S/c1-29(2)37(35,36)22-5-3-4-18(14-22)16-30-12-10-19(11-13-30)20-6-7-23-21(15-20)17-31(27(23)34)24-8-9-25(32)28-26(24)33/h3-7,14-15,19,24H,8-13,16-17H2,1-2H3,(H,28,32,33). The van der Waals surface area contributed by atoms with Gasteiger partial charge in [-0.05, 0) is 73.2 Å². The molecule has 3 aliphatic heterocycles. The van der Waals surface area contributed by atoms with Gasteiger partial charge in [0.05, 0.1) is 4.90 Å². The molecule has 1 unspecified atom stereocenters. The summed E-state index contributed by atoms with van der Waals surface area (Å²) in [4.78, 5) is 41.0. The van der Waals surface area contributed by atoms with E-state index in [1.165, 1.54) is 24.0 Å². The number of benzene rings is 2. The molecule has 3 aliphatic rings. The fourth-order valence-corrected chi connectivity index (χ4v) is 6.52. The summed E-state index contributed by atoms with van der Waals surface area (Å²) in [7, 11) is -0.389. The van der Waals surface area contributed by atoms with Gasteiger partial charge in [0.1, 0.15) is 6.04 Å². The Balaban J connectivity index is 1.21. The summed E-state index contributed by atoms with van der Waals surface area (Å²) in [5.74, 6) is -0.452. The van der Waals surface area contributed by atoms with Crippen molar-refractivity contribution in [1.29, 1.82) is 0 Å². The van der Waals surface area contributed by atoms with E-state index >= 15 is 0 Å². The van der Waals surface area contributed by atoms with Crippen molar-refractivity contribution < 1.29 is 22.8 Å². The number of hydrogen-bond acceptors (Lipinski definition) is 6. The van der Waals surface area contributed by atoms with E-state index in [0.717, 1.165) is 37.1 Å². The van der Waals surface area contributed by atoms with Gasteiger partial charge in [0.15, 0.2) is 0 Å². The van der Waals surface area contributed by atoms with Gasteiger partial charge in [-0.2, -0.15) is 0 Å². The van der Waals surface area contributed by atoms with E-state index in [1.54, 1.807) is 23.1 Å². The number of piperidine rings is 2. The Morgan fingerprint density at radius 1 is 1.00 bits per heavy atom. The van der Waals surface area contributed by atoms with Crippen LogP contribution in [-0.2, 0) is 32.7 Å². The Morgan fingerprint density at radius 2 is 1.76 bits per heavy atom. The van der Waals surface area contributed by atoms with Crippen LogP contribution < -0.4 is 5.32 Å². The molecule has 0 saturated carbocycles. The molecule has 2 aromatic rings. The van der Waals surface area contributed by atoms with E-state index in [4.69, 9.17) is 0 Å². The molecule has 10 heteroatoms. The lowest BCUT2D eigenvalue weighted by molar-refractivity contribution is -0.136. The number of rotatable bonds is 6. The largest absolute Gasteiger partial charge is 0.322 e. The smallest absolute Gasteiger partial charge is 0.255 e. The molecule has 2 saturated heterocycles. The quantitative estimate of drug-likeness (QED) is 0.580. The Morgan fingerprint density at radius 3 is 2.46 bits per heavy atom. The maximum absolute atomic E-state index is 13.0. The number of carbonyl (C=O) groups is 3. The fourth-order valence-electron chi connectivity index (χ4n) is 5.55. The Kier molecular flexibility index (Phi) is 6.91. The molecule has 1 N–H and O–H groups in total. The van der Waals surface area contributed by atoms with Crippen LogP contribution in [0, 0.1) is 0 Å². The van der Waals surface area contributed by atoms with Gasteiger partial charge in [-0.1, -0.05) is 24.3 Å². The summed E-state index contributed by atoms with van der Waals surface area (Å²) in [5.41, 5.74) is 3.76. The Bertz CT molecular complexity index is 1350. The summed E-state index contributed by atoms with van der Waals surface area (Å²) in [6.45, 7) is 2.88. The fraction of sp³-hybridized carbons (Fsp3) is 0.444. The molecular formula is C27H32N4O5S. The highest BCUT2D eigenvalue weighted by Gasteiger charge is 2.39. The third kappa shape index (κ3) is 5.05. The second-order valence-corrected chi connectivity index (χ2v) is 12.5. The van der Waals surface area contributed by atoms with Crippen LogP contribution in [0.15, 0.2) is 47.4 Å². The minimum atomic E-state index is -3.46. The molecule has 3 heterocycles. The third-order valence-corrected chi connectivity index (χ3v) is 9.50.